The van der Waals surface area contributed by atoms with E-state index in [4.69, 9.17) is 20.8 Å². The number of halogens is 1. The number of nitrogens with zero attached hydrogens (tertiary/aromatic N) is 1. The first-order valence-electron chi connectivity index (χ1n) is 10.5. The number of benzene rings is 3. The van der Waals surface area contributed by atoms with E-state index in [1.165, 1.54) is 0 Å². The van der Waals surface area contributed by atoms with E-state index in [9.17, 15) is 9.59 Å². The fraction of sp³-hybridized carbons (Fsp3) is 0.154. The van der Waals surface area contributed by atoms with Crippen LogP contribution in [-0.2, 0) is 0 Å². The maximum absolute atomic E-state index is 13.6. The van der Waals surface area contributed by atoms with Crippen molar-refractivity contribution in [2.75, 3.05) is 11.5 Å². The molecule has 1 aliphatic heterocycles. The molecule has 1 aromatic heterocycles. The summed E-state index contributed by atoms with van der Waals surface area (Å²) < 4.78 is 11.7. The highest BCUT2D eigenvalue weighted by Gasteiger charge is 2.43. The number of amides is 1. The number of carbonyl (C=O) groups is 1. The standard InChI is InChI=1S/C26H20ClNO4/c1-2-14-31-19-11-8-16(9-12-19)23-22-24(29)20-15-17(27)10-13-21(20)32-25(22)26(30)28(23)18-6-4-3-5-7-18/h3-13,15,23H,2,14H2,1H3. The smallest absolute Gasteiger partial charge is 0.295 e. The van der Waals surface area contributed by atoms with E-state index in [2.05, 4.69) is 0 Å². The minimum Gasteiger partial charge on any atom is -0.494 e. The summed E-state index contributed by atoms with van der Waals surface area (Å²) in [4.78, 5) is 28.7. The van der Waals surface area contributed by atoms with Crippen LogP contribution in [0.15, 0.2) is 82.0 Å². The molecule has 1 amide bonds. The second-order valence-electron chi connectivity index (χ2n) is 7.65. The van der Waals surface area contributed by atoms with Crippen molar-refractivity contribution in [2.45, 2.75) is 19.4 Å². The third-order valence-corrected chi connectivity index (χ3v) is 5.77. The number of anilines is 1. The molecule has 0 radical (unpaired) electrons. The fourth-order valence-electron chi connectivity index (χ4n) is 4.08. The summed E-state index contributed by atoms with van der Waals surface area (Å²) in [5.41, 5.74) is 1.87. The molecule has 2 heterocycles. The van der Waals surface area contributed by atoms with E-state index in [1.54, 1.807) is 23.1 Å². The minimum absolute atomic E-state index is 0.0602. The van der Waals surface area contributed by atoms with Crippen LogP contribution in [0.4, 0.5) is 5.69 Å². The Morgan fingerprint density at radius 2 is 1.75 bits per heavy atom. The van der Waals surface area contributed by atoms with E-state index in [-0.39, 0.29) is 17.1 Å². The van der Waals surface area contributed by atoms with E-state index in [0.717, 1.165) is 17.7 Å². The number of hydrogen-bond acceptors (Lipinski definition) is 4. The van der Waals surface area contributed by atoms with Crippen LogP contribution in [0.5, 0.6) is 5.75 Å². The summed E-state index contributed by atoms with van der Waals surface area (Å²) in [7, 11) is 0. The molecule has 1 atom stereocenters. The Kier molecular flexibility index (Phi) is 5.19. The highest BCUT2D eigenvalue weighted by atomic mass is 35.5. The van der Waals surface area contributed by atoms with Gasteiger partial charge in [0.2, 0.25) is 5.76 Å². The van der Waals surface area contributed by atoms with Gasteiger partial charge in [-0.05, 0) is 54.4 Å². The van der Waals surface area contributed by atoms with Gasteiger partial charge in [0, 0.05) is 10.7 Å². The van der Waals surface area contributed by atoms with Crippen molar-refractivity contribution in [1.82, 2.24) is 0 Å². The van der Waals surface area contributed by atoms with Gasteiger partial charge in [-0.1, -0.05) is 48.9 Å². The molecule has 0 spiro atoms. The molecule has 4 aromatic rings. The van der Waals surface area contributed by atoms with E-state index >= 15 is 0 Å². The lowest BCUT2D eigenvalue weighted by atomic mass is 9.98. The zero-order chi connectivity index (χ0) is 22.2. The van der Waals surface area contributed by atoms with Crippen molar-refractivity contribution in [1.29, 1.82) is 0 Å². The van der Waals surface area contributed by atoms with Gasteiger partial charge < -0.3 is 9.15 Å². The van der Waals surface area contributed by atoms with Gasteiger partial charge in [0.05, 0.1) is 23.6 Å². The van der Waals surface area contributed by atoms with Crippen molar-refractivity contribution < 1.29 is 13.9 Å². The Labute approximate surface area is 189 Å². The van der Waals surface area contributed by atoms with Crippen LogP contribution >= 0.6 is 11.6 Å². The topological polar surface area (TPSA) is 59.8 Å². The molecule has 1 unspecified atom stereocenters. The summed E-state index contributed by atoms with van der Waals surface area (Å²) in [5.74, 6) is 0.449. The lowest BCUT2D eigenvalue weighted by Gasteiger charge is -2.25. The quantitative estimate of drug-likeness (QED) is 0.379. The van der Waals surface area contributed by atoms with Gasteiger partial charge >= 0.3 is 0 Å². The lowest BCUT2D eigenvalue weighted by Crippen LogP contribution is -2.29. The molecule has 5 rings (SSSR count). The van der Waals surface area contributed by atoms with Crippen molar-refractivity contribution in [3.8, 4) is 5.75 Å². The van der Waals surface area contributed by atoms with Crippen LogP contribution in [0.1, 0.15) is 41.1 Å². The van der Waals surface area contributed by atoms with E-state index in [0.29, 0.717) is 33.8 Å². The second-order valence-corrected chi connectivity index (χ2v) is 8.08. The molecule has 0 saturated carbocycles. The monoisotopic (exact) mass is 445 g/mol. The molecule has 1 aliphatic rings. The van der Waals surface area contributed by atoms with Crippen molar-refractivity contribution in [3.63, 3.8) is 0 Å². The highest BCUT2D eigenvalue weighted by molar-refractivity contribution is 6.31. The Balaban J connectivity index is 1.72. The molecule has 0 saturated heterocycles. The summed E-state index contributed by atoms with van der Waals surface area (Å²) in [6, 6.07) is 21.0. The predicted molar refractivity (Wildman–Crippen MR) is 125 cm³/mol. The number of ether oxygens (including phenoxy) is 1. The van der Waals surface area contributed by atoms with E-state index in [1.807, 2.05) is 61.5 Å². The molecule has 0 N–H and O–H groups in total. The predicted octanol–water partition coefficient (Wildman–Crippen LogP) is 5.99. The van der Waals surface area contributed by atoms with Gasteiger partial charge in [-0.2, -0.15) is 0 Å². The molecule has 5 nitrogen and oxygen atoms in total. The zero-order valence-electron chi connectivity index (χ0n) is 17.4. The molecule has 3 aromatic carbocycles. The first-order chi connectivity index (χ1) is 15.6. The average Bonchev–Trinajstić information content (AvgIpc) is 3.11. The van der Waals surface area contributed by atoms with Crippen LogP contribution in [-0.4, -0.2) is 12.5 Å². The minimum atomic E-state index is -0.625. The first kappa shape index (κ1) is 20.3. The lowest BCUT2D eigenvalue weighted by molar-refractivity contribution is 0.0971. The van der Waals surface area contributed by atoms with Gasteiger partial charge in [0.1, 0.15) is 11.3 Å². The Hall–Kier alpha value is -3.57. The Morgan fingerprint density at radius 3 is 2.47 bits per heavy atom. The second kappa shape index (κ2) is 8.17. The molecule has 0 bridgehead atoms. The maximum Gasteiger partial charge on any atom is 0.295 e. The van der Waals surface area contributed by atoms with Gasteiger partial charge in [0.25, 0.3) is 5.91 Å². The molecule has 160 valence electrons. The van der Waals surface area contributed by atoms with Crippen molar-refractivity contribution in [3.05, 3.63) is 105 Å². The number of fused-ring (bicyclic) bond motifs is 2. The van der Waals surface area contributed by atoms with Gasteiger partial charge in [-0.25, -0.2) is 0 Å². The zero-order valence-corrected chi connectivity index (χ0v) is 18.1. The van der Waals surface area contributed by atoms with Crippen LogP contribution in [0.3, 0.4) is 0 Å². The SMILES string of the molecule is CCCOc1ccc(C2c3c(oc4ccc(Cl)cc4c3=O)C(=O)N2c2ccccc2)cc1. The van der Waals surface area contributed by atoms with Gasteiger partial charge in [-0.3, -0.25) is 14.5 Å². The van der Waals surface area contributed by atoms with Gasteiger partial charge in [0.15, 0.2) is 5.43 Å². The molecule has 32 heavy (non-hydrogen) atoms. The summed E-state index contributed by atoms with van der Waals surface area (Å²) >= 11 is 6.14. The number of para-hydroxylation sites is 1. The van der Waals surface area contributed by atoms with Crippen molar-refractivity contribution in [2.24, 2.45) is 0 Å². The maximum atomic E-state index is 13.6. The van der Waals surface area contributed by atoms with Crippen LogP contribution < -0.4 is 15.1 Å². The average molecular weight is 446 g/mol. The van der Waals surface area contributed by atoms with Crippen LogP contribution in [0.2, 0.25) is 5.02 Å². The fourth-order valence-corrected chi connectivity index (χ4v) is 4.25. The molecule has 6 heteroatoms. The molecular formula is C26H20ClNO4. The molecule has 0 aliphatic carbocycles. The van der Waals surface area contributed by atoms with Crippen LogP contribution in [0.25, 0.3) is 11.0 Å². The Bertz CT molecular complexity index is 1360. The van der Waals surface area contributed by atoms with E-state index < -0.39 is 6.04 Å². The third-order valence-electron chi connectivity index (χ3n) is 5.54. The number of carbonyl (C=O) groups excluding carboxylic acids is 1. The van der Waals surface area contributed by atoms with Crippen LogP contribution in [0, 0.1) is 0 Å². The summed E-state index contributed by atoms with van der Waals surface area (Å²) in [6.45, 7) is 2.67. The van der Waals surface area contributed by atoms with Gasteiger partial charge in [-0.15, -0.1) is 0 Å². The summed E-state index contributed by atoms with van der Waals surface area (Å²) in [5, 5.41) is 0.787. The normalized spacial score (nSPS) is 15.2. The highest BCUT2D eigenvalue weighted by Crippen LogP contribution is 2.41. The number of hydrogen-bond donors (Lipinski definition) is 0. The first-order valence-corrected chi connectivity index (χ1v) is 10.8. The largest absolute Gasteiger partial charge is 0.494 e. The van der Waals surface area contributed by atoms with Crippen molar-refractivity contribution >= 4 is 34.2 Å². The third kappa shape index (κ3) is 3.35. The molecule has 0 fully saturated rings. The summed E-state index contributed by atoms with van der Waals surface area (Å²) in [6.07, 6.45) is 0.907. The Morgan fingerprint density at radius 1 is 1.00 bits per heavy atom. The number of rotatable bonds is 5. The molecular weight excluding hydrogens is 426 g/mol.